The van der Waals surface area contributed by atoms with Crippen LogP contribution in [0.2, 0.25) is 0 Å². The maximum atomic E-state index is 5.91. The molecule has 0 unspecified atom stereocenters. The number of nitrogens with one attached hydrogen (secondary N) is 1. The Morgan fingerprint density at radius 1 is 1.24 bits per heavy atom. The van der Waals surface area contributed by atoms with Gasteiger partial charge in [0, 0.05) is 19.2 Å². The van der Waals surface area contributed by atoms with Crippen molar-refractivity contribution < 1.29 is 4.74 Å². The minimum atomic E-state index is 0.429. The minimum Gasteiger partial charge on any atom is -0.485 e. The molecule has 0 radical (unpaired) electrons. The first kappa shape index (κ1) is 15.5. The van der Waals surface area contributed by atoms with Crippen molar-refractivity contribution in [3.63, 3.8) is 0 Å². The number of para-hydroxylation sites is 1. The maximum Gasteiger partial charge on any atom is 0.170 e. The van der Waals surface area contributed by atoms with Crippen molar-refractivity contribution >= 4 is 0 Å². The van der Waals surface area contributed by atoms with Gasteiger partial charge in [0.15, 0.2) is 5.82 Å². The lowest BCUT2D eigenvalue weighted by atomic mass is 10.2. The Morgan fingerprint density at radius 2 is 2.00 bits per heavy atom. The van der Waals surface area contributed by atoms with Crippen LogP contribution in [0.15, 0.2) is 24.3 Å². The maximum absolute atomic E-state index is 5.91. The second-order valence-electron chi connectivity index (χ2n) is 5.64. The monoisotopic (exact) mass is 288 g/mol. The first-order valence-corrected chi connectivity index (χ1v) is 7.34. The van der Waals surface area contributed by atoms with Gasteiger partial charge in [-0.1, -0.05) is 32.0 Å². The van der Waals surface area contributed by atoms with Gasteiger partial charge in [0.1, 0.15) is 18.2 Å². The van der Waals surface area contributed by atoms with E-state index in [4.69, 9.17) is 4.74 Å². The fourth-order valence-electron chi connectivity index (χ4n) is 2.01. The van der Waals surface area contributed by atoms with Crippen molar-refractivity contribution in [2.45, 2.75) is 33.9 Å². The molecular formula is C16H24N4O. The molecule has 0 saturated heterocycles. The van der Waals surface area contributed by atoms with E-state index in [-0.39, 0.29) is 0 Å². The molecule has 0 spiro atoms. The van der Waals surface area contributed by atoms with E-state index in [2.05, 4.69) is 35.4 Å². The Bertz CT molecular complexity index is 577. The van der Waals surface area contributed by atoms with Crippen molar-refractivity contribution in [1.82, 2.24) is 20.1 Å². The number of rotatable bonds is 7. The van der Waals surface area contributed by atoms with E-state index < -0.39 is 0 Å². The van der Waals surface area contributed by atoms with Gasteiger partial charge in [-0.3, -0.25) is 0 Å². The van der Waals surface area contributed by atoms with Gasteiger partial charge in [-0.15, -0.1) is 10.2 Å². The molecule has 0 atom stereocenters. The Morgan fingerprint density at radius 3 is 2.67 bits per heavy atom. The predicted molar refractivity (Wildman–Crippen MR) is 83.1 cm³/mol. The highest BCUT2D eigenvalue weighted by atomic mass is 16.5. The summed E-state index contributed by atoms with van der Waals surface area (Å²) in [5, 5.41) is 11.6. The van der Waals surface area contributed by atoms with Crippen LogP contribution in [0.1, 0.15) is 31.1 Å². The van der Waals surface area contributed by atoms with Crippen molar-refractivity contribution in [3.8, 4) is 5.75 Å². The fourth-order valence-corrected chi connectivity index (χ4v) is 2.01. The number of aryl methyl sites for hydroxylation is 1. The molecule has 0 aliphatic heterocycles. The standard InChI is InChI=1S/C16H24N4O/c1-12(2)9-17-10-14-7-5-6-8-15(14)21-11-16-19-18-13(3)20(16)4/h5-8,12,17H,9-11H2,1-4H3. The lowest BCUT2D eigenvalue weighted by Gasteiger charge is -2.13. The first-order chi connectivity index (χ1) is 10.1. The van der Waals surface area contributed by atoms with Gasteiger partial charge in [-0.25, -0.2) is 0 Å². The summed E-state index contributed by atoms with van der Waals surface area (Å²) in [7, 11) is 1.95. The molecule has 2 aromatic rings. The second-order valence-corrected chi connectivity index (χ2v) is 5.64. The van der Waals surface area contributed by atoms with Gasteiger partial charge in [-0.2, -0.15) is 0 Å². The van der Waals surface area contributed by atoms with E-state index in [1.165, 1.54) is 0 Å². The zero-order valence-corrected chi connectivity index (χ0v) is 13.3. The summed E-state index contributed by atoms with van der Waals surface area (Å²) in [6.07, 6.45) is 0. The summed E-state index contributed by atoms with van der Waals surface area (Å²) in [6.45, 7) is 8.57. The molecule has 1 N–H and O–H groups in total. The van der Waals surface area contributed by atoms with Crippen molar-refractivity contribution in [2.24, 2.45) is 13.0 Å². The summed E-state index contributed by atoms with van der Waals surface area (Å²) < 4.78 is 7.86. The highest BCUT2D eigenvalue weighted by Gasteiger charge is 2.08. The summed E-state index contributed by atoms with van der Waals surface area (Å²) in [4.78, 5) is 0. The van der Waals surface area contributed by atoms with Crippen LogP contribution in [0.3, 0.4) is 0 Å². The third-order valence-electron chi connectivity index (χ3n) is 3.38. The molecule has 5 heteroatoms. The zero-order valence-electron chi connectivity index (χ0n) is 13.3. The van der Waals surface area contributed by atoms with Gasteiger partial charge in [-0.05, 0) is 25.5 Å². The van der Waals surface area contributed by atoms with Gasteiger partial charge in [0.05, 0.1) is 0 Å². The molecule has 1 aromatic heterocycles. The number of nitrogens with zero attached hydrogens (tertiary/aromatic N) is 3. The van der Waals surface area contributed by atoms with Gasteiger partial charge in [0.2, 0.25) is 0 Å². The molecule has 0 fully saturated rings. The summed E-state index contributed by atoms with van der Waals surface area (Å²) in [5.74, 6) is 3.26. The number of ether oxygens (including phenoxy) is 1. The molecule has 0 saturated carbocycles. The van der Waals surface area contributed by atoms with Crippen molar-refractivity contribution in [1.29, 1.82) is 0 Å². The molecule has 0 aliphatic carbocycles. The minimum absolute atomic E-state index is 0.429. The number of benzene rings is 1. The Balaban J connectivity index is 1.98. The molecule has 1 heterocycles. The normalized spacial score (nSPS) is 11.1. The fraction of sp³-hybridized carbons (Fsp3) is 0.500. The number of aromatic nitrogens is 3. The van der Waals surface area contributed by atoms with E-state index in [0.29, 0.717) is 12.5 Å². The second kappa shape index (κ2) is 7.22. The summed E-state index contributed by atoms with van der Waals surface area (Å²) in [6, 6.07) is 8.11. The van der Waals surface area contributed by atoms with E-state index in [1.54, 1.807) is 0 Å². The smallest absolute Gasteiger partial charge is 0.170 e. The quantitative estimate of drug-likeness (QED) is 0.850. The van der Waals surface area contributed by atoms with Crippen LogP contribution in [-0.4, -0.2) is 21.3 Å². The molecule has 21 heavy (non-hydrogen) atoms. The molecule has 114 valence electrons. The highest BCUT2D eigenvalue weighted by molar-refractivity contribution is 5.33. The third-order valence-corrected chi connectivity index (χ3v) is 3.38. The topological polar surface area (TPSA) is 52.0 Å². The molecular weight excluding hydrogens is 264 g/mol. The highest BCUT2D eigenvalue weighted by Crippen LogP contribution is 2.19. The number of hydrogen-bond acceptors (Lipinski definition) is 4. The SMILES string of the molecule is Cc1nnc(COc2ccccc2CNCC(C)C)n1C. The van der Waals surface area contributed by atoms with Crippen LogP contribution < -0.4 is 10.1 Å². The predicted octanol–water partition coefficient (Wildman–Crippen LogP) is 2.45. The largest absolute Gasteiger partial charge is 0.485 e. The Kier molecular flexibility index (Phi) is 5.33. The third kappa shape index (κ3) is 4.29. The van der Waals surface area contributed by atoms with E-state index in [9.17, 15) is 0 Å². The van der Waals surface area contributed by atoms with E-state index in [1.807, 2.05) is 36.7 Å². The summed E-state index contributed by atoms with van der Waals surface area (Å²) in [5.41, 5.74) is 1.16. The Labute approximate surface area is 126 Å². The first-order valence-electron chi connectivity index (χ1n) is 7.34. The van der Waals surface area contributed by atoms with Crippen LogP contribution in [-0.2, 0) is 20.2 Å². The van der Waals surface area contributed by atoms with Gasteiger partial charge < -0.3 is 14.6 Å². The van der Waals surface area contributed by atoms with Crippen molar-refractivity contribution in [2.75, 3.05) is 6.54 Å². The molecule has 0 aliphatic rings. The average molecular weight is 288 g/mol. The molecule has 0 bridgehead atoms. The summed E-state index contributed by atoms with van der Waals surface area (Å²) >= 11 is 0. The van der Waals surface area contributed by atoms with Gasteiger partial charge in [0.25, 0.3) is 0 Å². The van der Waals surface area contributed by atoms with Crippen LogP contribution >= 0.6 is 0 Å². The lowest BCUT2D eigenvalue weighted by molar-refractivity contribution is 0.287. The van der Waals surface area contributed by atoms with Gasteiger partial charge >= 0.3 is 0 Å². The molecule has 2 rings (SSSR count). The van der Waals surface area contributed by atoms with E-state index in [0.717, 1.165) is 36.1 Å². The van der Waals surface area contributed by atoms with Crippen LogP contribution in [0.5, 0.6) is 5.75 Å². The van der Waals surface area contributed by atoms with Crippen LogP contribution in [0.25, 0.3) is 0 Å². The molecule has 1 aromatic carbocycles. The Hall–Kier alpha value is -1.88. The number of hydrogen-bond donors (Lipinski definition) is 1. The lowest BCUT2D eigenvalue weighted by Crippen LogP contribution is -2.19. The molecule has 5 nitrogen and oxygen atoms in total. The zero-order chi connectivity index (χ0) is 15.2. The van der Waals surface area contributed by atoms with E-state index >= 15 is 0 Å². The average Bonchev–Trinajstić information content (AvgIpc) is 2.77. The van der Waals surface area contributed by atoms with Crippen LogP contribution in [0, 0.1) is 12.8 Å². The van der Waals surface area contributed by atoms with Crippen molar-refractivity contribution in [3.05, 3.63) is 41.5 Å². The molecule has 0 amide bonds. The van der Waals surface area contributed by atoms with Crippen LogP contribution in [0.4, 0.5) is 0 Å².